The number of pyridine rings is 1. The maximum absolute atomic E-state index is 12.6. The van der Waals surface area contributed by atoms with Gasteiger partial charge >= 0.3 is 0 Å². The van der Waals surface area contributed by atoms with Crippen LogP contribution in [0.5, 0.6) is 0 Å². The summed E-state index contributed by atoms with van der Waals surface area (Å²) >= 11 is 0.901. The van der Waals surface area contributed by atoms with E-state index in [1.165, 1.54) is 4.90 Å². The number of carbonyl (C=O) groups excluding carboxylic acids is 3. The van der Waals surface area contributed by atoms with Crippen molar-refractivity contribution >= 4 is 52.0 Å². The predicted molar refractivity (Wildman–Crippen MR) is 129 cm³/mol. The first kappa shape index (κ1) is 22.1. The first-order valence-corrected chi connectivity index (χ1v) is 11.9. The van der Waals surface area contributed by atoms with Crippen LogP contribution in [0.3, 0.4) is 0 Å². The fraction of sp³-hybridized carbons (Fsp3) is 0.292. The fourth-order valence-corrected chi connectivity index (χ4v) is 4.93. The number of amides is 3. The smallest absolute Gasteiger partial charge is 0.298 e. The van der Waals surface area contributed by atoms with Crippen molar-refractivity contribution < 1.29 is 18.8 Å². The number of oxazole rings is 1. The molecule has 1 aromatic carbocycles. The lowest BCUT2D eigenvalue weighted by Gasteiger charge is -2.30. The molecule has 0 unspecified atom stereocenters. The number of para-hydroxylation sites is 2. The van der Waals surface area contributed by atoms with Crippen LogP contribution in [0, 0.1) is 5.92 Å². The Morgan fingerprint density at radius 1 is 1.18 bits per heavy atom. The third-order valence-electron chi connectivity index (χ3n) is 5.91. The van der Waals surface area contributed by atoms with Crippen LogP contribution in [-0.4, -0.2) is 58.1 Å². The fourth-order valence-electron chi connectivity index (χ4n) is 4.07. The van der Waals surface area contributed by atoms with Crippen molar-refractivity contribution in [2.24, 2.45) is 5.92 Å². The molecule has 4 heterocycles. The average Bonchev–Trinajstić information content (AvgIpc) is 3.41. The highest BCUT2D eigenvalue weighted by molar-refractivity contribution is 8.18. The first-order valence-electron chi connectivity index (χ1n) is 11.1. The number of benzene rings is 1. The summed E-state index contributed by atoms with van der Waals surface area (Å²) in [6.45, 7) is 1.71. The van der Waals surface area contributed by atoms with Crippen molar-refractivity contribution in [3.05, 3.63) is 59.3 Å². The van der Waals surface area contributed by atoms with Gasteiger partial charge in [0.15, 0.2) is 5.58 Å². The molecule has 0 aliphatic carbocycles. The van der Waals surface area contributed by atoms with Gasteiger partial charge < -0.3 is 14.6 Å². The summed E-state index contributed by atoms with van der Waals surface area (Å²) in [7, 11) is 0. The van der Waals surface area contributed by atoms with Crippen LogP contribution in [-0.2, 0) is 9.59 Å². The SMILES string of the molecule is O=C(NCCN1C(=O)S/C(=C\c2cccnc2)C1=O)C1CCN(c2nc3ccccc3o2)CC1. The number of imide groups is 1. The molecule has 3 amide bonds. The molecule has 2 fully saturated rings. The van der Waals surface area contributed by atoms with E-state index in [0.29, 0.717) is 36.9 Å². The molecule has 2 aromatic heterocycles. The van der Waals surface area contributed by atoms with E-state index in [2.05, 4.69) is 20.2 Å². The molecular weight excluding hydrogens is 454 g/mol. The van der Waals surface area contributed by atoms with Crippen LogP contribution in [0.15, 0.2) is 58.1 Å². The third kappa shape index (κ3) is 4.67. The second-order valence-corrected chi connectivity index (χ2v) is 9.13. The lowest BCUT2D eigenvalue weighted by atomic mass is 9.96. The summed E-state index contributed by atoms with van der Waals surface area (Å²) in [4.78, 5) is 49.6. The molecule has 2 aliphatic rings. The largest absolute Gasteiger partial charge is 0.423 e. The van der Waals surface area contributed by atoms with E-state index in [1.807, 2.05) is 30.3 Å². The second-order valence-electron chi connectivity index (χ2n) is 8.14. The van der Waals surface area contributed by atoms with Gasteiger partial charge in [-0.05, 0) is 54.4 Å². The molecule has 2 aliphatic heterocycles. The third-order valence-corrected chi connectivity index (χ3v) is 6.82. The maximum Gasteiger partial charge on any atom is 0.298 e. The van der Waals surface area contributed by atoms with E-state index in [9.17, 15) is 14.4 Å². The van der Waals surface area contributed by atoms with Gasteiger partial charge in [0.25, 0.3) is 17.2 Å². The Kier molecular flexibility index (Phi) is 6.31. The van der Waals surface area contributed by atoms with Gasteiger partial charge in [-0.25, -0.2) is 0 Å². The quantitative estimate of drug-likeness (QED) is 0.539. The number of carbonyl (C=O) groups is 3. The van der Waals surface area contributed by atoms with Crippen LogP contribution >= 0.6 is 11.8 Å². The van der Waals surface area contributed by atoms with Crippen molar-refractivity contribution in [3.63, 3.8) is 0 Å². The molecule has 0 radical (unpaired) electrons. The monoisotopic (exact) mass is 477 g/mol. The van der Waals surface area contributed by atoms with Gasteiger partial charge in [-0.15, -0.1) is 0 Å². The van der Waals surface area contributed by atoms with Crippen molar-refractivity contribution in [3.8, 4) is 0 Å². The van der Waals surface area contributed by atoms with Gasteiger partial charge in [-0.3, -0.25) is 24.3 Å². The molecule has 174 valence electrons. The first-order chi connectivity index (χ1) is 16.6. The zero-order valence-corrected chi connectivity index (χ0v) is 19.2. The summed E-state index contributed by atoms with van der Waals surface area (Å²) in [5.74, 6) is -0.532. The highest BCUT2D eigenvalue weighted by Gasteiger charge is 2.35. The Balaban J connectivity index is 1.10. The zero-order chi connectivity index (χ0) is 23.5. The molecule has 0 bridgehead atoms. The number of hydrogen-bond donors (Lipinski definition) is 1. The van der Waals surface area contributed by atoms with Gasteiger partial charge in [0.05, 0.1) is 4.91 Å². The minimum atomic E-state index is -0.347. The number of anilines is 1. The molecule has 1 N–H and O–H groups in total. The molecule has 0 spiro atoms. The van der Waals surface area contributed by atoms with Crippen molar-refractivity contribution in [2.75, 3.05) is 31.1 Å². The Bertz CT molecular complexity index is 1220. The normalized spacial score (nSPS) is 18.3. The highest BCUT2D eigenvalue weighted by atomic mass is 32.2. The summed E-state index contributed by atoms with van der Waals surface area (Å²) in [6, 6.07) is 11.8. The predicted octanol–water partition coefficient (Wildman–Crippen LogP) is 3.29. The van der Waals surface area contributed by atoms with E-state index in [-0.39, 0.29) is 36.1 Å². The molecule has 0 saturated carbocycles. The number of nitrogens with one attached hydrogen (secondary N) is 1. The second kappa shape index (κ2) is 9.68. The van der Waals surface area contributed by atoms with Crippen LogP contribution in [0.25, 0.3) is 17.2 Å². The van der Waals surface area contributed by atoms with E-state index in [1.54, 1.807) is 24.5 Å². The van der Waals surface area contributed by atoms with Crippen LogP contribution in [0.1, 0.15) is 18.4 Å². The Hall–Kier alpha value is -3.66. The van der Waals surface area contributed by atoms with Gasteiger partial charge in [0, 0.05) is 44.5 Å². The molecule has 2 saturated heterocycles. The van der Waals surface area contributed by atoms with E-state index >= 15 is 0 Å². The van der Waals surface area contributed by atoms with Gasteiger partial charge in [0.1, 0.15) is 5.52 Å². The molecule has 10 heteroatoms. The number of piperidine rings is 1. The van der Waals surface area contributed by atoms with Crippen molar-refractivity contribution in [1.29, 1.82) is 0 Å². The summed E-state index contributed by atoms with van der Waals surface area (Å²) in [5.41, 5.74) is 2.32. The van der Waals surface area contributed by atoms with E-state index in [4.69, 9.17) is 4.42 Å². The lowest BCUT2D eigenvalue weighted by molar-refractivity contribution is -0.126. The van der Waals surface area contributed by atoms with Crippen molar-refractivity contribution in [2.45, 2.75) is 12.8 Å². The molecule has 5 rings (SSSR count). The topological polar surface area (TPSA) is 109 Å². The Morgan fingerprint density at radius 2 is 2.00 bits per heavy atom. The molecule has 34 heavy (non-hydrogen) atoms. The minimum Gasteiger partial charge on any atom is -0.423 e. The number of hydrogen-bond acceptors (Lipinski definition) is 8. The molecule has 0 atom stereocenters. The number of nitrogens with zero attached hydrogens (tertiary/aromatic N) is 4. The number of thioether (sulfide) groups is 1. The molecule has 3 aromatic rings. The zero-order valence-electron chi connectivity index (χ0n) is 18.3. The average molecular weight is 478 g/mol. The number of aromatic nitrogens is 2. The van der Waals surface area contributed by atoms with Gasteiger partial charge in [-0.2, -0.15) is 4.98 Å². The Labute approximate surface area is 200 Å². The van der Waals surface area contributed by atoms with Crippen molar-refractivity contribution in [1.82, 2.24) is 20.2 Å². The highest BCUT2D eigenvalue weighted by Crippen LogP contribution is 2.32. The lowest BCUT2D eigenvalue weighted by Crippen LogP contribution is -2.43. The van der Waals surface area contributed by atoms with Crippen LogP contribution in [0.4, 0.5) is 10.8 Å². The number of fused-ring (bicyclic) bond motifs is 1. The van der Waals surface area contributed by atoms with E-state index in [0.717, 1.165) is 28.4 Å². The minimum absolute atomic E-state index is 0.0601. The van der Waals surface area contributed by atoms with Crippen LogP contribution in [0.2, 0.25) is 0 Å². The van der Waals surface area contributed by atoms with E-state index < -0.39 is 0 Å². The number of rotatable bonds is 6. The standard InChI is InChI=1S/C24H23N5O4S/c30-21(17-7-11-28(12-8-17)23-27-18-5-1-2-6-19(18)33-23)26-10-13-29-22(31)20(34-24(29)32)14-16-4-3-9-25-15-16/h1-6,9,14-15,17H,7-8,10-13H2,(H,26,30)/b20-14-. The molecule has 9 nitrogen and oxygen atoms in total. The Morgan fingerprint density at radius 3 is 2.76 bits per heavy atom. The summed E-state index contributed by atoms with van der Waals surface area (Å²) in [6.07, 6.45) is 6.29. The summed E-state index contributed by atoms with van der Waals surface area (Å²) < 4.78 is 5.83. The maximum atomic E-state index is 12.6. The molecular formula is C24H23N5O4S. The van der Waals surface area contributed by atoms with Gasteiger partial charge in [0.2, 0.25) is 5.91 Å². The summed E-state index contributed by atoms with van der Waals surface area (Å²) in [5, 5.41) is 2.55. The van der Waals surface area contributed by atoms with Crippen LogP contribution < -0.4 is 10.2 Å². The van der Waals surface area contributed by atoms with Gasteiger partial charge in [-0.1, -0.05) is 18.2 Å².